The van der Waals surface area contributed by atoms with Gasteiger partial charge in [-0.05, 0) is 17.2 Å². The van der Waals surface area contributed by atoms with Crippen molar-refractivity contribution in [2.45, 2.75) is 6.54 Å². The maximum Gasteiger partial charge on any atom is 0.207 e. The van der Waals surface area contributed by atoms with E-state index in [9.17, 15) is 4.79 Å². The third-order valence-corrected chi connectivity index (χ3v) is 2.35. The van der Waals surface area contributed by atoms with Crippen LogP contribution in [-0.2, 0) is 18.4 Å². The summed E-state index contributed by atoms with van der Waals surface area (Å²) in [4.78, 5) is 10.2. The summed E-state index contributed by atoms with van der Waals surface area (Å²) < 4.78 is 1.77. The maximum atomic E-state index is 10.2. The second kappa shape index (κ2) is 4.61. The zero-order valence-electron chi connectivity index (χ0n) is 9.05. The molecule has 0 radical (unpaired) electrons. The Hall–Kier alpha value is -2.10. The molecule has 0 aliphatic heterocycles. The van der Waals surface area contributed by atoms with Crippen LogP contribution in [0.25, 0.3) is 11.1 Å². The van der Waals surface area contributed by atoms with Gasteiger partial charge < -0.3 is 5.32 Å². The minimum atomic E-state index is 0.553. The Morgan fingerprint density at radius 1 is 1.44 bits per heavy atom. The summed E-state index contributed by atoms with van der Waals surface area (Å²) >= 11 is 0. The smallest absolute Gasteiger partial charge is 0.207 e. The SMILES string of the molecule is Cn1cc(-c2cccc(CNC=O)c2)cn1. The maximum absolute atomic E-state index is 10.2. The number of hydrogen-bond donors (Lipinski definition) is 1. The van der Waals surface area contributed by atoms with E-state index < -0.39 is 0 Å². The quantitative estimate of drug-likeness (QED) is 0.782. The fraction of sp³-hybridized carbons (Fsp3) is 0.167. The van der Waals surface area contributed by atoms with Crippen LogP contribution in [0.15, 0.2) is 36.7 Å². The topological polar surface area (TPSA) is 46.9 Å². The predicted molar refractivity (Wildman–Crippen MR) is 61.5 cm³/mol. The van der Waals surface area contributed by atoms with Crippen LogP contribution in [0, 0.1) is 0 Å². The molecule has 0 bridgehead atoms. The van der Waals surface area contributed by atoms with Crippen LogP contribution in [0.5, 0.6) is 0 Å². The molecule has 4 nitrogen and oxygen atoms in total. The first-order chi connectivity index (χ1) is 7.79. The zero-order valence-corrected chi connectivity index (χ0v) is 9.05. The Labute approximate surface area is 93.9 Å². The highest BCUT2D eigenvalue weighted by molar-refractivity contribution is 5.62. The van der Waals surface area contributed by atoms with Crippen molar-refractivity contribution >= 4 is 6.41 Å². The van der Waals surface area contributed by atoms with E-state index in [4.69, 9.17) is 0 Å². The van der Waals surface area contributed by atoms with Crippen molar-refractivity contribution < 1.29 is 4.79 Å². The van der Waals surface area contributed by atoms with Gasteiger partial charge in [-0.15, -0.1) is 0 Å². The third kappa shape index (κ3) is 2.28. The van der Waals surface area contributed by atoms with Crippen LogP contribution in [0.4, 0.5) is 0 Å². The number of rotatable bonds is 4. The van der Waals surface area contributed by atoms with E-state index in [0.29, 0.717) is 13.0 Å². The minimum absolute atomic E-state index is 0.553. The van der Waals surface area contributed by atoms with Gasteiger partial charge in [0.25, 0.3) is 0 Å². The number of nitrogens with one attached hydrogen (secondary N) is 1. The van der Waals surface area contributed by atoms with Gasteiger partial charge >= 0.3 is 0 Å². The van der Waals surface area contributed by atoms with E-state index in [1.807, 2.05) is 43.7 Å². The van der Waals surface area contributed by atoms with Crippen molar-refractivity contribution in [1.82, 2.24) is 15.1 Å². The first-order valence-electron chi connectivity index (χ1n) is 5.04. The van der Waals surface area contributed by atoms with E-state index >= 15 is 0 Å². The number of aryl methyl sites for hydroxylation is 1. The average molecular weight is 215 g/mol. The Morgan fingerprint density at radius 3 is 3.00 bits per heavy atom. The second-order valence-electron chi connectivity index (χ2n) is 3.60. The number of amides is 1. The third-order valence-electron chi connectivity index (χ3n) is 2.35. The highest BCUT2D eigenvalue weighted by Gasteiger charge is 2.01. The molecular weight excluding hydrogens is 202 g/mol. The first kappa shape index (κ1) is 10.4. The molecule has 1 heterocycles. The van der Waals surface area contributed by atoms with Crippen molar-refractivity contribution in [1.29, 1.82) is 0 Å². The van der Waals surface area contributed by atoms with E-state index in [-0.39, 0.29) is 0 Å². The van der Waals surface area contributed by atoms with Gasteiger partial charge in [0.2, 0.25) is 6.41 Å². The van der Waals surface area contributed by atoms with Gasteiger partial charge in [-0.3, -0.25) is 9.48 Å². The van der Waals surface area contributed by atoms with Crippen molar-refractivity contribution in [2.75, 3.05) is 0 Å². The van der Waals surface area contributed by atoms with Crippen LogP contribution in [0.3, 0.4) is 0 Å². The molecule has 0 spiro atoms. The Kier molecular flexibility index (Phi) is 3.00. The Balaban J connectivity index is 2.25. The van der Waals surface area contributed by atoms with Gasteiger partial charge in [0, 0.05) is 25.4 Å². The lowest BCUT2D eigenvalue weighted by molar-refractivity contribution is -0.109. The van der Waals surface area contributed by atoms with E-state index in [0.717, 1.165) is 16.7 Å². The Morgan fingerprint density at radius 2 is 2.31 bits per heavy atom. The monoisotopic (exact) mass is 215 g/mol. The lowest BCUT2D eigenvalue weighted by atomic mass is 10.1. The molecule has 0 saturated heterocycles. The van der Waals surface area contributed by atoms with Gasteiger partial charge in [-0.2, -0.15) is 5.10 Å². The van der Waals surface area contributed by atoms with Gasteiger partial charge in [0.15, 0.2) is 0 Å². The first-order valence-corrected chi connectivity index (χ1v) is 5.04. The van der Waals surface area contributed by atoms with Gasteiger partial charge in [-0.25, -0.2) is 0 Å². The molecule has 0 atom stereocenters. The fourth-order valence-corrected chi connectivity index (χ4v) is 1.59. The molecule has 1 aromatic carbocycles. The average Bonchev–Trinajstić information content (AvgIpc) is 2.74. The van der Waals surface area contributed by atoms with Crippen LogP contribution in [0.2, 0.25) is 0 Å². The molecular formula is C12H13N3O. The highest BCUT2D eigenvalue weighted by Crippen LogP contribution is 2.19. The Bertz CT molecular complexity index is 491. The van der Waals surface area contributed by atoms with Gasteiger partial charge in [0.1, 0.15) is 0 Å². The van der Waals surface area contributed by atoms with Crippen molar-refractivity contribution in [2.24, 2.45) is 7.05 Å². The number of aromatic nitrogens is 2. The molecule has 0 unspecified atom stereocenters. The summed E-state index contributed by atoms with van der Waals surface area (Å²) in [5, 5.41) is 6.78. The summed E-state index contributed by atoms with van der Waals surface area (Å²) in [6.45, 7) is 0.553. The molecule has 1 aromatic heterocycles. The number of nitrogens with zero attached hydrogens (tertiary/aromatic N) is 2. The lowest BCUT2D eigenvalue weighted by Crippen LogP contribution is -2.09. The molecule has 1 N–H and O–H groups in total. The van der Waals surface area contributed by atoms with Crippen molar-refractivity contribution in [3.63, 3.8) is 0 Å². The van der Waals surface area contributed by atoms with Gasteiger partial charge in [0.05, 0.1) is 6.20 Å². The number of carbonyl (C=O) groups excluding carboxylic acids is 1. The summed E-state index contributed by atoms with van der Waals surface area (Å²) in [5.41, 5.74) is 3.27. The molecule has 1 amide bonds. The summed E-state index contributed by atoms with van der Waals surface area (Å²) in [5.74, 6) is 0. The second-order valence-corrected chi connectivity index (χ2v) is 3.60. The van der Waals surface area contributed by atoms with E-state index in [1.165, 1.54) is 0 Å². The molecule has 0 aliphatic rings. The number of carbonyl (C=O) groups is 1. The molecule has 4 heteroatoms. The van der Waals surface area contributed by atoms with E-state index in [2.05, 4.69) is 10.4 Å². The highest BCUT2D eigenvalue weighted by atomic mass is 16.1. The lowest BCUT2D eigenvalue weighted by Gasteiger charge is -2.02. The summed E-state index contributed by atoms with van der Waals surface area (Å²) in [6, 6.07) is 8.04. The number of benzene rings is 1. The number of hydrogen-bond acceptors (Lipinski definition) is 2. The zero-order chi connectivity index (χ0) is 11.4. The molecule has 2 aromatic rings. The van der Waals surface area contributed by atoms with Crippen molar-refractivity contribution in [3.05, 3.63) is 42.2 Å². The molecule has 16 heavy (non-hydrogen) atoms. The minimum Gasteiger partial charge on any atom is -0.355 e. The van der Waals surface area contributed by atoms with Crippen LogP contribution < -0.4 is 5.32 Å². The molecule has 82 valence electrons. The normalized spacial score (nSPS) is 10.1. The molecule has 0 saturated carbocycles. The van der Waals surface area contributed by atoms with E-state index in [1.54, 1.807) is 4.68 Å². The summed E-state index contributed by atoms with van der Waals surface area (Å²) in [6.07, 6.45) is 4.50. The van der Waals surface area contributed by atoms with Crippen LogP contribution in [-0.4, -0.2) is 16.2 Å². The summed E-state index contributed by atoms with van der Waals surface area (Å²) in [7, 11) is 1.89. The standard InChI is InChI=1S/C12H13N3O/c1-15-8-12(7-14-15)11-4-2-3-10(5-11)6-13-9-16/h2-5,7-9H,6H2,1H3,(H,13,16). The molecule has 0 aliphatic carbocycles. The van der Waals surface area contributed by atoms with Gasteiger partial charge in [-0.1, -0.05) is 18.2 Å². The largest absolute Gasteiger partial charge is 0.355 e. The van der Waals surface area contributed by atoms with Crippen molar-refractivity contribution in [3.8, 4) is 11.1 Å². The predicted octanol–water partition coefficient (Wildman–Crippen LogP) is 1.33. The molecule has 2 rings (SSSR count). The fourth-order valence-electron chi connectivity index (χ4n) is 1.59. The van der Waals surface area contributed by atoms with Crippen LogP contribution >= 0.6 is 0 Å². The van der Waals surface area contributed by atoms with Crippen LogP contribution in [0.1, 0.15) is 5.56 Å². The molecule has 0 fully saturated rings.